The first kappa shape index (κ1) is 10.4. The molecule has 4 nitrogen and oxygen atoms in total. The highest BCUT2D eigenvalue weighted by Gasteiger charge is 2.13. The van der Waals surface area contributed by atoms with Crippen LogP contribution < -0.4 is 16.2 Å². The topological polar surface area (TPSA) is 49.8 Å². The monoisotopic (exact) mass is 202 g/mol. The molecule has 5 heteroatoms. The zero-order chi connectivity index (χ0) is 10.7. The smallest absolute Gasteiger partial charge is 0.149 e. The van der Waals surface area contributed by atoms with E-state index in [1.807, 2.05) is 13.0 Å². The van der Waals surface area contributed by atoms with Crippen molar-refractivity contribution < 1.29 is 0 Å². The summed E-state index contributed by atoms with van der Waals surface area (Å²) in [5.74, 6) is 0.815. The van der Waals surface area contributed by atoms with E-state index in [1.165, 1.54) is 12.8 Å². The molecule has 1 fully saturated rings. The van der Waals surface area contributed by atoms with E-state index >= 15 is 0 Å². The number of rotatable bonds is 2. The number of nitrogens with one attached hydrogen (secondary N) is 2. The van der Waals surface area contributed by atoms with Crippen LogP contribution in [0, 0.1) is 6.92 Å². The molecule has 1 aliphatic heterocycles. The number of aromatic nitrogens is 2. The molecule has 0 bridgehead atoms. The fourth-order valence-electron chi connectivity index (χ4n) is 1.75. The van der Waals surface area contributed by atoms with Gasteiger partial charge in [-0.1, -0.05) is 0 Å². The molecule has 2 radical (unpaired) electrons. The summed E-state index contributed by atoms with van der Waals surface area (Å²) in [5, 5.41) is 14.6. The van der Waals surface area contributed by atoms with E-state index in [0.717, 1.165) is 24.5 Å². The quantitative estimate of drug-likeness (QED) is 0.649. The largest absolute Gasteiger partial charge is 0.365 e. The van der Waals surface area contributed by atoms with E-state index in [0.29, 0.717) is 11.6 Å². The molecule has 1 aromatic rings. The first-order valence-corrected chi connectivity index (χ1v) is 5.33. The van der Waals surface area contributed by atoms with Crippen LogP contribution in [0.25, 0.3) is 0 Å². The zero-order valence-electron chi connectivity index (χ0n) is 8.95. The van der Waals surface area contributed by atoms with E-state index in [-0.39, 0.29) is 0 Å². The Morgan fingerprint density at radius 2 is 2.40 bits per heavy atom. The van der Waals surface area contributed by atoms with Crippen LogP contribution in [0.5, 0.6) is 0 Å². The zero-order valence-corrected chi connectivity index (χ0v) is 8.95. The Morgan fingerprint density at radius 1 is 1.53 bits per heavy atom. The lowest BCUT2D eigenvalue weighted by atomic mass is 9.99. The van der Waals surface area contributed by atoms with E-state index in [9.17, 15) is 0 Å². The van der Waals surface area contributed by atoms with Crippen molar-refractivity contribution in [1.29, 1.82) is 0 Å². The van der Waals surface area contributed by atoms with Crippen LogP contribution >= 0.6 is 0 Å². The number of nitrogens with zero attached hydrogens (tertiary/aromatic N) is 2. The average Bonchev–Trinajstić information content (AvgIpc) is 2.25. The molecule has 78 valence electrons. The predicted molar refractivity (Wildman–Crippen MR) is 61.7 cm³/mol. The summed E-state index contributed by atoms with van der Waals surface area (Å²) in [5.41, 5.74) is 1.47. The fourth-order valence-corrected chi connectivity index (χ4v) is 1.75. The van der Waals surface area contributed by atoms with Crippen molar-refractivity contribution >= 4 is 19.3 Å². The van der Waals surface area contributed by atoms with E-state index in [1.54, 1.807) is 0 Å². The van der Waals surface area contributed by atoms with Crippen LogP contribution in [-0.4, -0.2) is 37.2 Å². The van der Waals surface area contributed by atoms with Gasteiger partial charge in [-0.2, -0.15) is 5.10 Å². The summed E-state index contributed by atoms with van der Waals surface area (Å²) in [6, 6.07) is 2.40. The molecule has 1 saturated heterocycles. The number of hydrogen-bond acceptors (Lipinski definition) is 4. The summed E-state index contributed by atoms with van der Waals surface area (Å²) in [7, 11) is 5.61. The fraction of sp³-hybridized carbons (Fsp3) is 0.600. The van der Waals surface area contributed by atoms with Gasteiger partial charge in [-0.15, -0.1) is 5.10 Å². The van der Waals surface area contributed by atoms with E-state index in [2.05, 4.69) is 20.8 Å². The highest BCUT2D eigenvalue weighted by Crippen LogP contribution is 2.09. The van der Waals surface area contributed by atoms with Crippen molar-refractivity contribution in [3.05, 3.63) is 11.6 Å². The Labute approximate surface area is 91.3 Å². The predicted octanol–water partition coefficient (Wildman–Crippen LogP) is -0.257. The summed E-state index contributed by atoms with van der Waals surface area (Å²) >= 11 is 0. The third kappa shape index (κ3) is 2.69. The Balaban J connectivity index is 2.00. The first-order valence-electron chi connectivity index (χ1n) is 5.33. The molecule has 0 saturated carbocycles. The van der Waals surface area contributed by atoms with Gasteiger partial charge in [0.1, 0.15) is 13.7 Å². The van der Waals surface area contributed by atoms with Crippen molar-refractivity contribution in [2.45, 2.75) is 25.8 Å². The average molecular weight is 202 g/mol. The van der Waals surface area contributed by atoms with Gasteiger partial charge in [0, 0.05) is 18.2 Å². The summed E-state index contributed by atoms with van der Waals surface area (Å²) in [6.45, 7) is 4.05. The molecule has 15 heavy (non-hydrogen) atoms. The highest BCUT2D eigenvalue weighted by molar-refractivity contribution is 6.31. The Bertz CT molecular complexity index is 336. The van der Waals surface area contributed by atoms with Crippen molar-refractivity contribution in [2.24, 2.45) is 0 Å². The second-order valence-corrected chi connectivity index (χ2v) is 3.99. The lowest BCUT2D eigenvalue weighted by Crippen LogP contribution is -2.38. The first-order chi connectivity index (χ1) is 7.25. The van der Waals surface area contributed by atoms with E-state index in [4.69, 9.17) is 7.85 Å². The van der Waals surface area contributed by atoms with Gasteiger partial charge >= 0.3 is 0 Å². The summed E-state index contributed by atoms with van der Waals surface area (Å²) in [4.78, 5) is 0. The van der Waals surface area contributed by atoms with E-state index < -0.39 is 0 Å². The highest BCUT2D eigenvalue weighted by atomic mass is 15.2. The van der Waals surface area contributed by atoms with Crippen molar-refractivity contribution in [2.75, 3.05) is 18.4 Å². The van der Waals surface area contributed by atoms with Crippen LogP contribution in [0.4, 0.5) is 5.82 Å². The SMILES string of the molecule is [B]c1nnc(NC2CCCNC2)cc1C. The van der Waals surface area contributed by atoms with Crippen molar-refractivity contribution in [1.82, 2.24) is 15.5 Å². The second-order valence-electron chi connectivity index (χ2n) is 3.99. The lowest BCUT2D eigenvalue weighted by molar-refractivity contribution is 0.478. The molecule has 1 aromatic heterocycles. The lowest BCUT2D eigenvalue weighted by Gasteiger charge is -2.24. The van der Waals surface area contributed by atoms with Gasteiger partial charge in [0.25, 0.3) is 0 Å². The van der Waals surface area contributed by atoms with Crippen LogP contribution in [0.2, 0.25) is 0 Å². The van der Waals surface area contributed by atoms with Gasteiger partial charge in [0.15, 0.2) is 0 Å². The molecule has 1 aliphatic rings. The molecule has 0 amide bonds. The third-order valence-corrected chi connectivity index (χ3v) is 2.67. The maximum atomic E-state index is 5.61. The number of hydrogen-bond donors (Lipinski definition) is 2. The van der Waals surface area contributed by atoms with Crippen molar-refractivity contribution in [3.8, 4) is 0 Å². The van der Waals surface area contributed by atoms with Gasteiger partial charge in [0.05, 0.1) is 0 Å². The normalized spacial score (nSPS) is 21.3. The van der Waals surface area contributed by atoms with Gasteiger partial charge < -0.3 is 10.6 Å². The third-order valence-electron chi connectivity index (χ3n) is 2.67. The molecular weight excluding hydrogens is 187 g/mol. The standard InChI is InChI=1S/C10H15BN4/c1-7-5-9(14-15-10(7)11)13-8-3-2-4-12-6-8/h5,8,12H,2-4,6H2,1H3,(H,13,14). The van der Waals surface area contributed by atoms with Crippen LogP contribution in [0.3, 0.4) is 0 Å². The second kappa shape index (κ2) is 4.62. The van der Waals surface area contributed by atoms with Crippen LogP contribution in [-0.2, 0) is 0 Å². The molecule has 2 N–H and O–H groups in total. The molecule has 0 aromatic carbocycles. The molecule has 1 atom stereocenters. The Hall–Kier alpha value is -1.10. The minimum Gasteiger partial charge on any atom is -0.365 e. The minimum absolute atomic E-state index is 0.455. The minimum atomic E-state index is 0.455. The summed E-state index contributed by atoms with van der Waals surface area (Å²) in [6.07, 6.45) is 2.39. The van der Waals surface area contributed by atoms with Crippen molar-refractivity contribution in [3.63, 3.8) is 0 Å². The van der Waals surface area contributed by atoms with Gasteiger partial charge in [0.2, 0.25) is 0 Å². The maximum Gasteiger partial charge on any atom is 0.149 e. The molecule has 0 aliphatic carbocycles. The Kier molecular flexibility index (Phi) is 3.21. The molecule has 2 rings (SSSR count). The molecular formula is C10H15BN4. The number of piperidine rings is 1. The van der Waals surface area contributed by atoms with Gasteiger partial charge in [-0.05, 0) is 37.9 Å². The van der Waals surface area contributed by atoms with Crippen LogP contribution in [0.1, 0.15) is 18.4 Å². The maximum absolute atomic E-state index is 5.61. The molecule has 0 spiro atoms. The summed E-state index contributed by atoms with van der Waals surface area (Å²) < 4.78 is 0. The molecule has 2 heterocycles. The van der Waals surface area contributed by atoms with Crippen LogP contribution in [0.15, 0.2) is 6.07 Å². The van der Waals surface area contributed by atoms with Gasteiger partial charge in [-0.25, -0.2) is 0 Å². The Morgan fingerprint density at radius 3 is 3.07 bits per heavy atom. The van der Waals surface area contributed by atoms with Gasteiger partial charge in [-0.3, -0.25) is 0 Å². The molecule has 1 unspecified atom stereocenters. The number of anilines is 1. The number of aryl methyl sites for hydroxylation is 1.